The molecule has 6 nitrogen and oxygen atoms in total. The van der Waals surface area contributed by atoms with Gasteiger partial charge >= 0.3 is 5.97 Å². The zero-order valence-electron chi connectivity index (χ0n) is 11.8. The third-order valence-corrected chi connectivity index (χ3v) is 4.30. The molecule has 3 rings (SSSR count). The SMILES string of the molecule is O=C(O)C1(Cn2nnnc2CCc2ccccc2)CCC1. The van der Waals surface area contributed by atoms with Gasteiger partial charge in [-0.1, -0.05) is 36.8 Å². The Bertz CT molecular complexity index is 620. The topological polar surface area (TPSA) is 80.9 Å². The van der Waals surface area contributed by atoms with Gasteiger partial charge in [0.25, 0.3) is 0 Å². The lowest BCUT2D eigenvalue weighted by Gasteiger charge is -2.37. The Morgan fingerprint density at radius 1 is 1.24 bits per heavy atom. The molecule has 0 aliphatic heterocycles. The van der Waals surface area contributed by atoms with E-state index >= 15 is 0 Å². The highest BCUT2D eigenvalue weighted by atomic mass is 16.4. The van der Waals surface area contributed by atoms with Gasteiger partial charge in [0.15, 0.2) is 5.82 Å². The van der Waals surface area contributed by atoms with E-state index in [2.05, 4.69) is 27.7 Å². The first-order valence-corrected chi connectivity index (χ1v) is 7.22. The number of nitrogens with zero attached hydrogens (tertiary/aromatic N) is 4. The summed E-state index contributed by atoms with van der Waals surface area (Å²) in [4.78, 5) is 11.4. The molecule has 1 aromatic heterocycles. The van der Waals surface area contributed by atoms with E-state index in [0.29, 0.717) is 25.8 Å². The normalized spacial score (nSPS) is 16.4. The standard InChI is InChI=1S/C15H18N4O2/c20-14(21)15(9-4-10-15)11-19-13(16-17-18-19)8-7-12-5-2-1-3-6-12/h1-3,5-6H,4,7-11H2,(H,20,21). The summed E-state index contributed by atoms with van der Waals surface area (Å²) < 4.78 is 1.66. The fourth-order valence-corrected chi connectivity index (χ4v) is 2.76. The van der Waals surface area contributed by atoms with Crippen molar-refractivity contribution in [1.82, 2.24) is 20.2 Å². The first kappa shape index (κ1) is 13.7. The molecule has 0 amide bonds. The third-order valence-electron chi connectivity index (χ3n) is 4.30. The van der Waals surface area contributed by atoms with Gasteiger partial charge in [-0.3, -0.25) is 4.79 Å². The molecule has 2 aromatic rings. The third kappa shape index (κ3) is 2.79. The molecule has 0 unspecified atom stereocenters. The van der Waals surface area contributed by atoms with Gasteiger partial charge in [0.05, 0.1) is 12.0 Å². The van der Waals surface area contributed by atoms with Gasteiger partial charge in [0.1, 0.15) is 0 Å². The number of carboxylic acid groups (broad SMARTS) is 1. The van der Waals surface area contributed by atoms with E-state index in [0.717, 1.165) is 18.7 Å². The zero-order chi connectivity index (χ0) is 14.7. The van der Waals surface area contributed by atoms with Crippen LogP contribution in [0, 0.1) is 5.41 Å². The van der Waals surface area contributed by atoms with E-state index in [1.807, 2.05) is 18.2 Å². The molecule has 6 heteroatoms. The van der Waals surface area contributed by atoms with Crippen LogP contribution in [0.25, 0.3) is 0 Å². The van der Waals surface area contributed by atoms with Crippen LogP contribution in [0.1, 0.15) is 30.7 Å². The largest absolute Gasteiger partial charge is 0.481 e. The molecule has 0 saturated heterocycles. The maximum absolute atomic E-state index is 11.4. The Balaban J connectivity index is 1.68. The summed E-state index contributed by atoms with van der Waals surface area (Å²) in [6.45, 7) is 0.374. The number of benzene rings is 1. The van der Waals surface area contributed by atoms with Crippen molar-refractivity contribution in [3.8, 4) is 0 Å². The number of carbonyl (C=O) groups is 1. The number of aryl methyl sites for hydroxylation is 2. The molecule has 0 radical (unpaired) electrons. The lowest BCUT2D eigenvalue weighted by Crippen LogP contribution is -2.42. The minimum Gasteiger partial charge on any atom is -0.481 e. The Labute approximate surface area is 122 Å². The van der Waals surface area contributed by atoms with Crippen molar-refractivity contribution < 1.29 is 9.90 Å². The highest BCUT2D eigenvalue weighted by Gasteiger charge is 2.45. The lowest BCUT2D eigenvalue weighted by molar-refractivity contribution is -0.156. The van der Waals surface area contributed by atoms with Gasteiger partial charge in [-0.05, 0) is 35.3 Å². The second-order valence-electron chi connectivity index (χ2n) is 5.68. The molecule has 110 valence electrons. The molecular weight excluding hydrogens is 268 g/mol. The first-order valence-electron chi connectivity index (χ1n) is 7.22. The van der Waals surface area contributed by atoms with Gasteiger partial charge in [-0.15, -0.1) is 5.10 Å². The highest BCUT2D eigenvalue weighted by molar-refractivity contribution is 5.75. The van der Waals surface area contributed by atoms with Gasteiger partial charge in [0.2, 0.25) is 0 Å². The van der Waals surface area contributed by atoms with Crippen LogP contribution in [0.2, 0.25) is 0 Å². The van der Waals surface area contributed by atoms with Crippen LogP contribution in [0.4, 0.5) is 0 Å². The van der Waals surface area contributed by atoms with Crippen LogP contribution < -0.4 is 0 Å². The molecule has 1 aliphatic rings. The average Bonchev–Trinajstić information content (AvgIpc) is 2.88. The quantitative estimate of drug-likeness (QED) is 0.874. The smallest absolute Gasteiger partial charge is 0.311 e. The summed E-state index contributed by atoms with van der Waals surface area (Å²) in [5.74, 6) is 0.0182. The van der Waals surface area contributed by atoms with Crippen molar-refractivity contribution in [2.75, 3.05) is 0 Å². The predicted molar refractivity (Wildman–Crippen MR) is 75.6 cm³/mol. The van der Waals surface area contributed by atoms with E-state index in [1.165, 1.54) is 5.56 Å². The Hall–Kier alpha value is -2.24. The highest BCUT2D eigenvalue weighted by Crippen LogP contribution is 2.42. The van der Waals surface area contributed by atoms with Gasteiger partial charge in [0, 0.05) is 6.42 Å². The summed E-state index contributed by atoms with van der Waals surface area (Å²) in [6.07, 6.45) is 3.95. The van der Waals surface area contributed by atoms with E-state index in [1.54, 1.807) is 4.68 Å². The summed E-state index contributed by atoms with van der Waals surface area (Å²) in [7, 11) is 0. The van der Waals surface area contributed by atoms with Crippen molar-refractivity contribution in [2.45, 2.75) is 38.6 Å². The average molecular weight is 286 g/mol. The number of hydrogen-bond acceptors (Lipinski definition) is 4. The maximum Gasteiger partial charge on any atom is 0.311 e. The molecule has 1 aromatic carbocycles. The molecule has 21 heavy (non-hydrogen) atoms. The van der Waals surface area contributed by atoms with Crippen LogP contribution >= 0.6 is 0 Å². The molecular formula is C15H18N4O2. The van der Waals surface area contributed by atoms with E-state index in [4.69, 9.17) is 0 Å². The van der Waals surface area contributed by atoms with E-state index in [-0.39, 0.29) is 0 Å². The number of rotatable bonds is 6. The fraction of sp³-hybridized carbons (Fsp3) is 0.467. The number of hydrogen-bond donors (Lipinski definition) is 1. The molecule has 1 heterocycles. The first-order chi connectivity index (χ1) is 10.2. The number of aliphatic carboxylic acids is 1. The Morgan fingerprint density at radius 2 is 2.00 bits per heavy atom. The van der Waals surface area contributed by atoms with Crippen LogP contribution in [0.3, 0.4) is 0 Å². The minimum atomic E-state index is -0.738. The van der Waals surface area contributed by atoms with Crippen LogP contribution in [-0.4, -0.2) is 31.3 Å². The number of tetrazole rings is 1. The van der Waals surface area contributed by atoms with Gasteiger partial charge < -0.3 is 5.11 Å². The molecule has 0 atom stereocenters. The van der Waals surface area contributed by atoms with Crippen molar-refractivity contribution >= 4 is 5.97 Å². The molecule has 0 bridgehead atoms. The summed E-state index contributed by atoms with van der Waals surface area (Å²) >= 11 is 0. The Morgan fingerprint density at radius 3 is 2.62 bits per heavy atom. The monoisotopic (exact) mass is 286 g/mol. The van der Waals surface area contributed by atoms with Crippen LogP contribution in [0.15, 0.2) is 30.3 Å². The molecule has 1 aliphatic carbocycles. The van der Waals surface area contributed by atoms with E-state index in [9.17, 15) is 9.90 Å². The maximum atomic E-state index is 11.4. The van der Waals surface area contributed by atoms with Crippen molar-refractivity contribution in [3.05, 3.63) is 41.7 Å². The van der Waals surface area contributed by atoms with Crippen LogP contribution in [0.5, 0.6) is 0 Å². The van der Waals surface area contributed by atoms with Gasteiger partial charge in [-0.2, -0.15) is 0 Å². The number of aromatic nitrogens is 4. The second-order valence-corrected chi connectivity index (χ2v) is 5.68. The summed E-state index contributed by atoms with van der Waals surface area (Å²) in [6, 6.07) is 10.1. The van der Waals surface area contributed by atoms with Crippen molar-refractivity contribution in [1.29, 1.82) is 0 Å². The lowest BCUT2D eigenvalue weighted by atomic mass is 9.69. The zero-order valence-corrected chi connectivity index (χ0v) is 11.8. The van der Waals surface area contributed by atoms with Crippen molar-refractivity contribution in [3.63, 3.8) is 0 Å². The van der Waals surface area contributed by atoms with E-state index < -0.39 is 11.4 Å². The summed E-state index contributed by atoms with van der Waals surface area (Å²) in [5.41, 5.74) is 0.556. The second kappa shape index (κ2) is 5.63. The minimum absolute atomic E-state index is 0.374. The molecule has 1 saturated carbocycles. The molecule has 1 fully saturated rings. The fourth-order valence-electron chi connectivity index (χ4n) is 2.76. The Kier molecular flexibility index (Phi) is 3.68. The summed E-state index contributed by atoms with van der Waals surface area (Å²) in [5, 5.41) is 21.1. The van der Waals surface area contributed by atoms with Gasteiger partial charge in [-0.25, -0.2) is 4.68 Å². The van der Waals surface area contributed by atoms with Crippen LogP contribution in [-0.2, 0) is 24.2 Å². The predicted octanol–water partition coefficient (Wildman–Crippen LogP) is 1.71. The molecule has 1 N–H and O–H groups in total. The van der Waals surface area contributed by atoms with Crippen molar-refractivity contribution in [2.24, 2.45) is 5.41 Å². The molecule has 0 spiro atoms. The number of carboxylic acids is 1.